The number of piperazine rings is 1. The van der Waals surface area contributed by atoms with Gasteiger partial charge >= 0.3 is 5.97 Å². The van der Waals surface area contributed by atoms with Crippen molar-refractivity contribution in [3.63, 3.8) is 0 Å². The zero-order valence-electron chi connectivity index (χ0n) is 10.1. The van der Waals surface area contributed by atoms with Crippen molar-refractivity contribution in [3.05, 3.63) is 34.1 Å². The molecule has 1 unspecified atom stereocenters. The molecule has 0 bridgehead atoms. The van der Waals surface area contributed by atoms with E-state index < -0.39 is 29.6 Å². The fourth-order valence-electron chi connectivity index (χ4n) is 1.87. The van der Waals surface area contributed by atoms with Gasteiger partial charge < -0.3 is 15.3 Å². The summed E-state index contributed by atoms with van der Waals surface area (Å²) >= 11 is 2.96. The Morgan fingerprint density at radius 2 is 2.15 bits per heavy atom. The maximum Gasteiger partial charge on any atom is 0.328 e. The molecule has 106 valence electrons. The minimum Gasteiger partial charge on any atom is -0.480 e. The highest BCUT2D eigenvalue weighted by atomic mass is 79.9. The number of carbonyl (C=O) groups is 3. The summed E-state index contributed by atoms with van der Waals surface area (Å²) in [6.07, 6.45) is 0. The molecule has 1 heterocycles. The van der Waals surface area contributed by atoms with Crippen molar-refractivity contribution < 1.29 is 23.9 Å². The maximum absolute atomic E-state index is 13.4. The number of carbonyl (C=O) groups excluding carboxylic acids is 2. The lowest BCUT2D eigenvalue weighted by Crippen LogP contribution is -2.59. The van der Waals surface area contributed by atoms with Crippen LogP contribution in [0.4, 0.5) is 4.39 Å². The fraction of sp³-hybridized carbons (Fsp3) is 0.250. The molecule has 0 radical (unpaired) electrons. The van der Waals surface area contributed by atoms with Gasteiger partial charge in [-0.1, -0.05) is 0 Å². The van der Waals surface area contributed by atoms with Crippen LogP contribution in [0.15, 0.2) is 22.7 Å². The van der Waals surface area contributed by atoms with Crippen molar-refractivity contribution in [2.45, 2.75) is 6.04 Å². The van der Waals surface area contributed by atoms with Gasteiger partial charge in [-0.2, -0.15) is 0 Å². The molecule has 20 heavy (non-hydrogen) atoms. The SMILES string of the molecule is O=C1CN(C(=O)c2ccc(Br)c(F)c2)C(C(=O)O)CN1. The maximum atomic E-state index is 13.4. The van der Waals surface area contributed by atoms with Crippen molar-refractivity contribution in [1.82, 2.24) is 10.2 Å². The summed E-state index contributed by atoms with van der Waals surface area (Å²) in [4.78, 5) is 35.6. The van der Waals surface area contributed by atoms with E-state index >= 15 is 0 Å². The highest BCUT2D eigenvalue weighted by Gasteiger charge is 2.35. The summed E-state index contributed by atoms with van der Waals surface area (Å²) in [5.41, 5.74) is -0.00773. The predicted octanol–water partition coefficient (Wildman–Crippen LogP) is 0.613. The third kappa shape index (κ3) is 2.79. The van der Waals surface area contributed by atoms with Crippen LogP contribution in [0.25, 0.3) is 0 Å². The Morgan fingerprint density at radius 1 is 1.45 bits per heavy atom. The van der Waals surface area contributed by atoms with Crippen molar-refractivity contribution in [2.24, 2.45) is 0 Å². The summed E-state index contributed by atoms with van der Waals surface area (Å²) in [5, 5.41) is 11.4. The van der Waals surface area contributed by atoms with E-state index in [1.807, 2.05) is 0 Å². The van der Waals surface area contributed by atoms with Gasteiger partial charge in [-0.25, -0.2) is 9.18 Å². The van der Waals surface area contributed by atoms with Crippen molar-refractivity contribution >= 4 is 33.7 Å². The Hall–Kier alpha value is -1.96. The number of nitrogens with zero attached hydrogens (tertiary/aromatic N) is 1. The summed E-state index contributed by atoms with van der Waals surface area (Å²) in [5.74, 6) is -3.01. The quantitative estimate of drug-likeness (QED) is 0.823. The van der Waals surface area contributed by atoms with Gasteiger partial charge in [-0.15, -0.1) is 0 Å². The van der Waals surface area contributed by atoms with E-state index in [-0.39, 0.29) is 23.1 Å². The molecule has 0 spiro atoms. The molecule has 2 rings (SSSR count). The summed E-state index contributed by atoms with van der Waals surface area (Å²) in [6, 6.07) is 2.55. The van der Waals surface area contributed by atoms with Crippen LogP contribution in [0.2, 0.25) is 0 Å². The number of hydrogen-bond donors (Lipinski definition) is 2. The van der Waals surface area contributed by atoms with Crippen molar-refractivity contribution in [2.75, 3.05) is 13.1 Å². The summed E-state index contributed by atoms with van der Waals surface area (Å²) < 4.78 is 13.6. The zero-order chi connectivity index (χ0) is 14.9. The lowest BCUT2D eigenvalue weighted by Gasteiger charge is -2.32. The van der Waals surface area contributed by atoms with Crippen LogP contribution in [0.1, 0.15) is 10.4 Å². The molecule has 0 aliphatic carbocycles. The van der Waals surface area contributed by atoms with E-state index in [0.717, 1.165) is 11.0 Å². The largest absolute Gasteiger partial charge is 0.480 e. The minimum atomic E-state index is -1.23. The normalized spacial score (nSPS) is 18.6. The number of carboxylic acids is 1. The predicted molar refractivity (Wildman–Crippen MR) is 69.6 cm³/mol. The molecule has 1 saturated heterocycles. The number of amides is 2. The van der Waals surface area contributed by atoms with Crippen molar-refractivity contribution in [1.29, 1.82) is 0 Å². The van der Waals surface area contributed by atoms with Crippen molar-refractivity contribution in [3.8, 4) is 0 Å². The monoisotopic (exact) mass is 344 g/mol. The van der Waals surface area contributed by atoms with Crippen LogP contribution in [0.5, 0.6) is 0 Å². The number of nitrogens with one attached hydrogen (secondary N) is 1. The molecule has 1 aromatic rings. The number of aliphatic carboxylic acids is 1. The fourth-order valence-corrected chi connectivity index (χ4v) is 2.12. The van der Waals surface area contributed by atoms with Gasteiger partial charge in [0.25, 0.3) is 5.91 Å². The molecule has 8 heteroatoms. The molecule has 2 N–H and O–H groups in total. The van der Waals surface area contributed by atoms with Gasteiger partial charge in [-0.3, -0.25) is 9.59 Å². The second-order valence-electron chi connectivity index (χ2n) is 4.22. The van der Waals surface area contributed by atoms with Gasteiger partial charge in [0.2, 0.25) is 5.91 Å². The Kier molecular flexibility index (Phi) is 4.03. The number of rotatable bonds is 2. The molecular weight excluding hydrogens is 335 g/mol. The summed E-state index contributed by atoms with van der Waals surface area (Å²) in [7, 11) is 0. The van der Waals surface area contributed by atoms with Crippen LogP contribution < -0.4 is 5.32 Å². The number of halogens is 2. The van der Waals surface area contributed by atoms with Crippen LogP contribution >= 0.6 is 15.9 Å². The zero-order valence-corrected chi connectivity index (χ0v) is 11.7. The van der Waals surface area contributed by atoms with Gasteiger partial charge in [0.1, 0.15) is 18.4 Å². The number of benzene rings is 1. The van der Waals surface area contributed by atoms with Crippen LogP contribution in [-0.4, -0.2) is 46.9 Å². The van der Waals surface area contributed by atoms with E-state index in [0.29, 0.717) is 0 Å². The molecule has 1 aromatic carbocycles. The lowest BCUT2D eigenvalue weighted by atomic mass is 10.1. The first-order valence-corrected chi connectivity index (χ1v) is 6.45. The Balaban J connectivity index is 2.31. The van der Waals surface area contributed by atoms with E-state index in [1.54, 1.807) is 0 Å². The second-order valence-corrected chi connectivity index (χ2v) is 5.07. The first-order valence-electron chi connectivity index (χ1n) is 5.65. The van der Waals surface area contributed by atoms with Gasteiger partial charge in [0, 0.05) is 12.1 Å². The average Bonchev–Trinajstić information content (AvgIpc) is 2.40. The lowest BCUT2D eigenvalue weighted by molar-refractivity contribution is -0.144. The highest BCUT2D eigenvalue weighted by molar-refractivity contribution is 9.10. The molecule has 1 aliphatic rings. The van der Waals surface area contributed by atoms with Gasteiger partial charge in [0.05, 0.1) is 4.47 Å². The number of hydrogen-bond acceptors (Lipinski definition) is 3. The summed E-state index contributed by atoms with van der Waals surface area (Å²) in [6.45, 7) is -0.535. The third-order valence-electron chi connectivity index (χ3n) is 2.90. The molecule has 2 amide bonds. The van der Waals surface area contributed by atoms with Crippen LogP contribution in [-0.2, 0) is 9.59 Å². The Bertz CT molecular complexity index is 593. The molecular formula is C12H10BrFN2O4. The van der Waals surface area contributed by atoms with Gasteiger partial charge in [-0.05, 0) is 34.1 Å². The van der Waals surface area contributed by atoms with Crippen LogP contribution in [0.3, 0.4) is 0 Å². The van der Waals surface area contributed by atoms with E-state index in [4.69, 9.17) is 5.11 Å². The minimum absolute atomic E-state index is 0.00773. The number of carboxylic acid groups (broad SMARTS) is 1. The first kappa shape index (κ1) is 14.4. The molecule has 0 saturated carbocycles. The Labute approximate surface area is 121 Å². The van der Waals surface area contributed by atoms with E-state index in [9.17, 15) is 18.8 Å². The molecule has 1 fully saturated rings. The topological polar surface area (TPSA) is 86.7 Å². The Morgan fingerprint density at radius 3 is 2.75 bits per heavy atom. The third-order valence-corrected chi connectivity index (χ3v) is 3.54. The standard InChI is InChI=1S/C12H10BrFN2O4/c13-7-2-1-6(3-8(7)14)11(18)16-5-10(17)15-4-9(16)12(19)20/h1-3,9H,4-5H2,(H,15,17)(H,19,20). The van der Waals surface area contributed by atoms with E-state index in [1.165, 1.54) is 12.1 Å². The second kappa shape index (κ2) is 5.58. The smallest absolute Gasteiger partial charge is 0.328 e. The van der Waals surface area contributed by atoms with Crippen LogP contribution in [0, 0.1) is 5.82 Å². The van der Waals surface area contributed by atoms with Gasteiger partial charge in [0.15, 0.2) is 0 Å². The molecule has 1 atom stereocenters. The molecule has 1 aliphatic heterocycles. The molecule has 0 aromatic heterocycles. The average molecular weight is 345 g/mol. The molecule has 6 nitrogen and oxygen atoms in total. The van der Waals surface area contributed by atoms with E-state index in [2.05, 4.69) is 21.2 Å². The first-order chi connectivity index (χ1) is 9.40. The highest BCUT2D eigenvalue weighted by Crippen LogP contribution is 2.18.